The minimum Gasteiger partial charge on any atom is -0.444 e. The second kappa shape index (κ2) is 8.79. The van der Waals surface area contributed by atoms with Gasteiger partial charge < -0.3 is 15.0 Å². The molecule has 1 aliphatic rings. The lowest BCUT2D eigenvalue weighted by molar-refractivity contribution is 0.0491. The minimum absolute atomic E-state index is 0.207. The summed E-state index contributed by atoms with van der Waals surface area (Å²) in [6, 6.07) is 1.56. The van der Waals surface area contributed by atoms with Crippen LogP contribution in [-0.4, -0.2) is 51.8 Å². The Morgan fingerprint density at radius 2 is 2.07 bits per heavy atom. The van der Waals surface area contributed by atoms with Crippen LogP contribution in [0.2, 0.25) is 5.15 Å². The molecule has 1 aliphatic heterocycles. The first kappa shape index (κ1) is 22.3. The zero-order chi connectivity index (χ0) is 22.1. The molecule has 164 valence electrons. The van der Waals surface area contributed by atoms with Crippen molar-refractivity contribution >= 4 is 23.4 Å². The molecule has 2 aromatic heterocycles. The fraction of sp³-hybridized carbons (Fsp3) is 0.571. The summed E-state index contributed by atoms with van der Waals surface area (Å²) >= 11 is 6.17. The summed E-state index contributed by atoms with van der Waals surface area (Å²) in [5.74, 6) is 0. The molecule has 3 rings (SSSR count). The first-order valence-electron chi connectivity index (χ1n) is 10.1. The monoisotopic (exact) mass is 437 g/mol. The zero-order valence-corrected chi connectivity index (χ0v) is 18.8. The van der Waals surface area contributed by atoms with Crippen LogP contribution >= 0.6 is 11.6 Å². The van der Waals surface area contributed by atoms with Gasteiger partial charge in [0.2, 0.25) is 0 Å². The number of ether oxygens (including phenoxy) is 1. The van der Waals surface area contributed by atoms with E-state index in [1.165, 1.54) is 0 Å². The average molecular weight is 438 g/mol. The Labute approximate surface area is 181 Å². The highest BCUT2D eigenvalue weighted by Crippen LogP contribution is 2.34. The molecular formula is C21H29ClFN5O2. The number of piperidine rings is 1. The van der Waals surface area contributed by atoms with Crippen molar-refractivity contribution in [3.63, 3.8) is 0 Å². The third-order valence-electron chi connectivity index (χ3n) is 4.75. The van der Waals surface area contributed by atoms with Gasteiger partial charge >= 0.3 is 6.09 Å². The number of nitrogens with zero attached hydrogens (tertiary/aromatic N) is 4. The van der Waals surface area contributed by atoms with Gasteiger partial charge in [-0.15, -0.1) is 0 Å². The SMILES string of the molecule is CC(C)n1cc(-c2cnc(Cl)cc2N2C[C@H](F)C[C@H](NC(=O)OC(C)(C)C)C2)cn1. The van der Waals surface area contributed by atoms with Crippen molar-refractivity contribution in [2.24, 2.45) is 0 Å². The Kier molecular flexibility index (Phi) is 6.55. The van der Waals surface area contributed by atoms with Crippen LogP contribution in [-0.2, 0) is 4.74 Å². The maximum atomic E-state index is 14.6. The van der Waals surface area contributed by atoms with Crippen LogP contribution in [0.3, 0.4) is 0 Å². The highest BCUT2D eigenvalue weighted by atomic mass is 35.5. The molecule has 3 heterocycles. The Bertz CT molecular complexity index is 896. The third-order valence-corrected chi connectivity index (χ3v) is 4.96. The smallest absolute Gasteiger partial charge is 0.407 e. The van der Waals surface area contributed by atoms with Gasteiger partial charge in [0, 0.05) is 54.8 Å². The maximum absolute atomic E-state index is 14.6. The summed E-state index contributed by atoms with van der Waals surface area (Å²) < 4.78 is 21.8. The van der Waals surface area contributed by atoms with E-state index in [0.717, 1.165) is 16.8 Å². The van der Waals surface area contributed by atoms with E-state index >= 15 is 0 Å². The van der Waals surface area contributed by atoms with Crippen LogP contribution in [0, 0.1) is 0 Å². The van der Waals surface area contributed by atoms with E-state index in [1.54, 1.807) is 39.2 Å². The fourth-order valence-electron chi connectivity index (χ4n) is 3.48. The zero-order valence-electron chi connectivity index (χ0n) is 18.0. The molecule has 2 aromatic rings. The predicted octanol–water partition coefficient (Wildman–Crippen LogP) is 4.62. The van der Waals surface area contributed by atoms with Gasteiger partial charge in [0.25, 0.3) is 0 Å². The fourth-order valence-corrected chi connectivity index (χ4v) is 3.63. The first-order chi connectivity index (χ1) is 14.0. The van der Waals surface area contributed by atoms with Crippen molar-refractivity contribution in [3.8, 4) is 11.1 Å². The van der Waals surface area contributed by atoms with Crippen LogP contribution in [0.15, 0.2) is 24.7 Å². The number of anilines is 1. The summed E-state index contributed by atoms with van der Waals surface area (Å²) in [5.41, 5.74) is 1.84. The summed E-state index contributed by atoms with van der Waals surface area (Å²) in [6.07, 6.45) is 3.96. The number of alkyl halides is 1. The second-order valence-corrected chi connectivity index (χ2v) is 9.30. The van der Waals surface area contributed by atoms with E-state index in [1.807, 2.05) is 29.6 Å². The Morgan fingerprint density at radius 3 is 2.70 bits per heavy atom. The molecule has 1 saturated heterocycles. The Morgan fingerprint density at radius 1 is 1.33 bits per heavy atom. The molecule has 0 spiro atoms. The van der Waals surface area contributed by atoms with Crippen molar-refractivity contribution in [3.05, 3.63) is 29.8 Å². The highest BCUT2D eigenvalue weighted by Gasteiger charge is 2.31. The number of carbonyl (C=O) groups is 1. The highest BCUT2D eigenvalue weighted by molar-refractivity contribution is 6.29. The molecule has 0 bridgehead atoms. The molecule has 9 heteroatoms. The van der Waals surface area contributed by atoms with Crippen molar-refractivity contribution in [1.82, 2.24) is 20.1 Å². The van der Waals surface area contributed by atoms with E-state index in [2.05, 4.69) is 15.4 Å². The van der Waals surface area contributed by atoms with Crippen molar-refractivity contribution in [2.75, 3.05) is 18.0 Å². The summed E-state index contributed by atoms with van der Waals surface area (Å²) in [7, 11) is 0. The molecule has 0 unspecified atom stereocenters. The summed E-state index contributed by atoms with van der Waals surface area (Å²) in [5, 5.41) is 7.51. The predicted molar refractivity (Wildman–Crippen MR) is 116 cm³/mol. The largest absolute Gasteiger partial charge is 0.444 e. The standard InChI is InChI=1S/C21H29ClFN5O2/c1-13(2)28-10-14(8-25-28)17-9-24-19(22)7-18(17)27-11-15(23)6-16(12-27)26-20(29)30-21(3,4)5/h7-10,13,15-16H,6,11-12H2,1-5H3,(H,26,29)/t15-,16+/m1/s1. The van der Waals surface area contributed by atoms with Gasteiger partial charge in [0.1, 0.15) is 16.9 Å². The van der Waals surface area contributed by atoms with Gasteiger partial charge in [-0.1, -0.05) is 11.6 Å². The van der Waals surface area contributed by atoms with Crippen LogP contribution in [0.5, 0.6) is 0 Å². The van der Waals surface area contributed by atoms with Crippen molar-refractivity contribution < 1.29 is 13.9 Å². The lowest BCUT2D eigenvalue weighted by atomic mass is 10.0. The molecule has 30 heavy (non-hydrogen) atoms. The first-order valence-corrected chi connectivity index (χ1v) is 10.5. The maximum Gasteiger partial charge on any atom is 0.407 e. The van der Waals surface area contributed by atoms with E-state index in [0.29, 0.717) is 11.7 Å². The molecule has 0 aromatic carbocycles. The van der Waals surface area contributed by atoms with E-state index < -0.39 is 17.9 Å². The number of amides is 1. The van der Waals surface area contributed by atoms with Crippen LogP contribution in [0.4, 0.5) is 14.9 Å². The molecule has 0 aliphatic carbocycles. The summed E-state index contributed by atoms with van der Waals surface area (Å²) in [6.45, 7) is 10.1. The number of pyridine rings is 1. The van der Waals surface area contributed by atoms with E-state index in [9.17, 15) is 9.18 Å². The van der Waals surface area contributed by atoms with Crippen LogP contribution in [0.1, 0.15) is 47.1 Å². The molecule has 0 saturated carbocycles. The number of hydrogen-bond acceptors (Lipinski definition) is 5. The van der Waals surface area contributed by atoms with Gasteiger partial charge in [0.05, 0.1) is 12.2 Å². The number of rotatable bonds is 4. The van der Waals surface area contributed by atoms with Gasteiger partial charge in [0.15, 0.2) is 0 Å². The minimum atomic E-state index is -1.10. The number of carbonyl (C=O) groups excluding carboxylic acids is 1. The molecule has 2 atom stereocenters. The van der Waals surface area contributed by atoms with Crippen molar-refractivity contribution in [2.45, 2.75) is 64.9 Å². The normalized spacial score (nSPS) is 19.8. The third kappa shape index (κ3) is 5.62. The number of nitrogens with one attached hydrogen (secondary N) is 1. The molecule has 1 N–H and O–H groups in total. The van der Waals surface area contributed by atoms with E-state index in [4.69, 9.17) is 16.3 Å². The van der Waals surface area contributed by atoms with Crippen molar-refractivity contribution in [1.29, 1.82) is 0 Å². The molecular weight excluding hydrogens is 409 g/mol. The molecule has 1 amide bonds. The molecule has 0 radical (unpaired) electrons. The van der Waals surface area contributed by atoms with Gasteiger partial charge in [-0.05, 0) is 40.7 Å². The second-order valence-electron chi connectivity index (χ2n) is 8.91. The topological polar surface area (TPSA) is 72.3 Å². The summed E-state index contributed by atoms with van der Waals surface area (Å²) in [4.78, 5) is 18.3. The lowest BCUT2D eigenvalue weighted by Gasteiger charge is -2.37. The van der Waals surface area contributed by atoms with Crippen LogP contribution < -0.4 is 10.2 Å². The Hall–Kier alpha value is -2.35. The molecule has 1 fully saturated rings. The quantitative estimate of drug-likeness (QED) is 0.706. The number of alkyl carbamates (subject to hydrolysis) is 1. The van der Waals surface area contributed by atoms with E-state index in [-0.39, 0.29) is 25.0 Å². The number of aromatic nitrogens is 3. The van der Waals surface area contributed by atoms with Gasteiger partial charge in [-0.2, -0.15) is 5.10 Å². The van der Waals surface area contributed by atoms with Crippen LogP contribution in [0.25, 0.3) is 11.1 Å². The Balaban J connectivity index is 1.85. The lowest BCUT2D eigenvalue weighted by Crippen LogP contribution is -2.52. The number of halogens is 2. The van der Waals surface area contributed by atoms with Gasteiger partial charge in [-0.3, -0.25) is 4.68 Å². The average Bonchev–Trinajstić information content (AvgIpc) is 3.09. The molecule has 7 nitrogen and oxygen atoms in total. The number of hydrogen-bond donors (Lipinski definition) is 1. The van der Waals surface area contributed by atoms with Gasteiger partial charge in [-0.25, -0.2) is 14.2 Å².